The molecule has 1 saturated carbocycles. The molecule has 11 rings (SSSR count). The summed E-state index contributed by atoms with van der Waals surface area (Å²) in [7, 11) is 0. The zero-order chi connectivity index (χ0) is 39.3. The van der Waals surface area contributed by atoms with Crippen molar-refractivity contribution >= 4 is 38.6 Å². The van der Waals surface area contributed by atoms with Crippen LogP contribution in [0.15, 0.2) is 194 Å². The van der Waals surface area contributed by atoms with Gasteiger partial charge in [0.25, 0.3) is 0 Å². The van der Waals surface area contributed by atoms with Crippen molar-refractivity contribution in [1.82, 2.24) is 0 Å². The van der Waals surface area contributed by atoms with Crippen LogP contribution < -0.4 is 4.90 Å². The lowest BCUT2D eigenvalue weighted by molar-refractivity contribution is 0.445. The number of anilines is 3. The molecule has 0 radical (unpaired) electrons. The number of fused-ring (bicyclic) bond motifs is 5. The third kappa shape index (κ3) is 5.90. The first-order valence-corrected chi connectivity index (χ1v) is 21.8. The highest BCUT2D eigenvalue weighted by Crippen LogP contribution is 2.55. The third-order valence-corrected chi connectivity index (χ3v) is 13.8. The van der Waals surface area contributed by atoms with Gasteiger partial charge in [0, 0.05) is 21.9 Å². The van der Waals surface area contributed by atoms with Crippen LogP contribution in [0.25, 0.3) is 54.9 Å². The fourth-order valence-electron chi connectivity index (χ4n) is 10.9. The van der Waals surface area contributed by atoms with E-state index in [9.17, 15) is 0 Å². The summed E-state index contributed by atoms with van der Waals surface area (Å²) in [6, 6.07) is 64.1. The smallest absolute Gasteiger partial charge is 0.0540 e. The summed E-state index contributed by atoms with van der Waals surface area (Å²) in [6.07, 6.45) is 15.9. The number of para-hydroxylation sites is 2. The molecule has 3 aliphatic rings. The molecule has 286 valence electrons. The molecule has 0 aromatic heterocycles. The van der Waals surface area contributed by atoms with Gasteiger partial charge in [0.15, 0.2) is 0 Å². The molecule has 1 atom stereocenters. The van der Waals surface area contributed by atoms with Crippen molar-refractivity contribution < 1.29 is 0 Å². The van der Waals surface area contributed by atoms with Gasteiger partial charge in [-0.25, -0.2) is 0 Å². The van der Waals surface area contributed by atoms with Crippen LogP contribution in [0.2, 0.25) is 0 Å². The summed E-state index contributed by atoms with van der Waals surface area (Å²) in [5, 5.41) is 5.19. The van der Waals surface area contributed by atoms with Crippen LogP contribution in [-0.4, -0.2) is 0 Å². The summed E-state index contributed by atoms with van der Waals surface area (Å²) < 4.78 is 0. The largest absolute Gasteiger partial charge is 0.309 e. The van der Waals surface area contributed by atoms with Crippen molar-refractivity contribution in [3.8, 4) is 33.4 Å². The molecule has 1 fully saturated rings. The zero-order valence-electron chi connectivity index (χ0n) is 33.9. The summed E-state index contributed by atoms with van der Waals surface area (Å²) in [4.78, 5) is 2.56. The molecule has 0 saturated heterocycles. The van der Waals surface area contributed by atoms with Crippen molar-refractivity contribution in [2.45, 2.75) is 63.2 Å². The van der Waals surface area contributed by atoms with Crippen LogP contribution in [0.3, 0.4) is 0 Å². The SMILES string of the molecule is CC1(C2=CCCC=C2)c2ccccc2-c2ccc(-c3ccccc3N(c3ccccc3-c3cccc4cccc(C5CCCCC5)c34)c3cccc4ccccc34)cc21. The fourth-order valence-corrected chi connectivity index (χ4v) is 10.9. The van der Waals surface area contributed by atoms with Crippen molar-refractivity contribution in [2.24, 2.45) is 0 Å². The number of hydrogen-bond donors (Lipinski definition) is 0. The Hall–Kier alpha value is -6.44. The lowest BCUT2D eigenvalue weighted by Crippen LogP contribution is -2.23. The Morgan fingerprint density at radius 1 is 0.492 bits per heavy atom. The van der Waals surface area contributed by atoms with Crippen LogP contribution in [0.4, 0.5) is 17.1 Å². The summed E-state index contributed by atoms with van der Waals surface area (Å²) in [6.45, 7) is 2.44. The molecule has 8 aromatic carbocycles. The van der Waals surface area contributed by atoms with Crippen LogP contribution >= 0.6 is 0 Å². The summed E-state index contributed by atoms with van der Waals surface area (Å²) in [5.74, 6) is 0.590. The molecule has 0 heterocycles. The number of nitrogens with zero attached hydrogens (tertiary/aromatic N) is 1. The lowest BCUT2D eigenvalue weighted by atomic mass is 9.72. The van der Waals surface area contributed by atoms with Gasteiger partial charge in [0.05, 0.1) is 17.1 Å². The van der Waals surface area contributed by atoms with Gasteiger partial charge in [0.1, 0.15) is 0 Å². The molecular weight excluding hydrogens is 711 g/mol. The van der Waals surface area contributed by atoms with E-state index in [1.807, 2.05) is 0 Å². The van der Waals surface area contributed by atoms with Crippen molar-refractivity contribution in [3.63, 3.8) is 0 Å². The topological polar surface area (TPSA) is 3.24 Å². The van der Waals surface area contributed by atoms with E-state index in [4.69, 9.17) is 0 Å². The standard InChI is InChI=1S/C58H49N/c1-58(44-25-6-3-7-26-44)52-33-13-10-29-48(52)49-38-37-43(39-53(49)58)46-28-11-14-34-54(46)59(55-36-18-22-40-21-8-9-27-45(40)55)56-35-15-12-30-50(56)51-32-17-24-42-23-16-31-47(57(42)51)41-19-4-2-5-20-41/h6,8-18,21-39,41H,2-5,7,19-20H2,1H3. The normalized spacial score (nSPS) is 17.5. The van der Waals surface area contributed by atoms with Gasteiger partial charge in [-0.3, -0.25) is 0 Å². The van der Waals surface area contributed by atoms with Crippen molar-refractivity contribution in [1.29, 1.82) is 0 Å². The maximum atomic E-state index is 2.56. The quantitative estimate of drug-likeness (QED) is 0.156. The minimum Gasteiger partial charge on any atom is -0.309 e. The van der Waals surface area contributed by atoms with Gasteiger partial charge in [-0.15, -0.1) is 0 Å². The molecule has 0 spiro atoms. The number of rotatable bonds is 7. The van der Waals surface area contributed by atoms with E-state index in [1.54, 1.807) is 0 Å². The third-order valence-electron chi connectivity index (χ3n) is 13.8. The molecule has 0 N–H and O–H groups in total. The Morgan fingerprint density at radius 2 is 1.12 bits per heavy atom. The van der Waals surface area contributed by atoms with E-state index in [2.05, 4.69) is 200 Å². The van der Waals surface area contributed by atoms with Gasteiger partial charge in [0.2, 0.25) is 0 Å². The van der Waals surface area contributed by atoms with E-state index in [0.717, 1.165) is 18.5 Å². The molecule has 1 heteroatoms. The van der Waals surface area contributed by atoms with Crippen molar-refractivity contribution in [3.05, 3.63) is 210 Å². The highest BCUT2D eigenvalue weighted by molar-refractivity contribution is 6.07. The maximum absolute atomic E-state index is 2.56. The fraction of sp³-hybridized carbons (Fsp3) is 0.172. The van der Waals surface area contributed by atoms with E-state index < -0.39 is 0 Å². The Kier molecular flexibility index (Phi) is 8.92. The predicted octanol–water partition coefficient (Wildman–Crippen LogP) is 16.4. The van der Waals surface area contributed by atoms with Gasteiger partial charge < -0.3 is 4.90 Å². The zero-order valence-corrected chi connectivity index (χ0v) is 33.9. The molecule has 59 heavy (non-hydrogen) atoms. The van der Waals surface area contributed by atoms with Gasteiger partial charge in [-0.05, 0) is 123 Å². The Morgan fingerprint density at radius 3 is 1.95 bits per heavy atom. The molecule has 0 aliphatic heterocycles. The maximum Gasteiger partial charge on any atom is 0.0540 e. The highest BCUT2D eigenvalue weighted by atomic mass is 15.1. The molecule has 0 bridgehead atoms. The minimum atomic E-state index is -0.236. The molecule has 1 nitrogen and oxygen atoms in total. The predicted molar refractivity (Wildman–Crippen MR) is 251 cm³/mol. The first kappa shape index (κ1) is 35.7. The molecule has 1 unspecified atom stereocenters. The Labute approximate surface area is 349 Å². The van der Waals surface area contributed by atoms with E-state index in [1.165, 1.54) is 121 Å². The summed E-state index contributed by atoms with van der Waals surface area (Å²) in [5.41, 5.74) is 16.6. The van der Waals surface area contributed by atoms with Gasteiger partial charge in [-0.2, -0.15) is 0 Å². The van der Waals surface area contributed by atoms with E-state index in [0.29, 0.717) is 5.92 Å². The second-order valence-corrected chi connectivity index (χ2v) is 17.0. The van der Waals surface area contributed by atoms with Crippen LogP contribution in [0.5, 0.6) is 0 Å². The minimum absolute atomic E-state index is 0.236. The second kappa shape index (κ2) is 14.7. The molecule has 0 amide bonds. The second-order valence-electron chi connectivity index (χ2n) is 17.0. The van der Waals surface area contributed by atoms with Crippen LogP contribution in [0.1, 0.15) is 74.5 Å². The number of allylic oxidation sites excluding steroid dienone is 4. The van der Waals surface area contributed by atoms with E-state index in [-0.39, 0.29) is 5.41 Å². The monoisotopic (exact) mass is 759 g/mol. The van der Waals surface area contributed by atoms with Gasteiger partial charge >= 0.3 is 0 Å². The first-order chi connectivity index (χ1) is 29.2. The number of hydrogen-bond acceptors (Lipinski definition) is 1. The summed E-state index contributed by atoms with van der Waals surface area (Å²) >= 11 is 0. The van der Waals surface area contributed by atoms with Crippen LogP contribution in [0, 0.1) is 0 Å². The Balaban J connectivity index is 1.15. The molecular formula is C58H49N. The average molecular weight is 760 g/mol. The average Bonchev–Trinajstić information content (AvgIpc) is 3.57. The molecule has 8 aromatic rings. The number of benzene rings is 8. The molecule has 3 aliphatic carbocycles. The van der Waals surface area contributed by atoms with Crippen LogP contribution in [-0.2, 0) is 5.41 Å². The lowest BCUT2D eigenvalue weighted by Gasteiger charge is -2.32. The first-order valence-electron chi connectivity index (χ1n) is 21.8. The van der Waals surface area contributed by atoms with Crippen molar-refractivity contribution in [2.75, 3.05) is 4.90 Å². The van der Waals surface area contributed by atoms with Gasteiger partial charge in [-0.1, -0.05) is 183 Å². The highest BCUT2D eigenvalue weighted by Gasteiger charge is 2.41. The van der Waals surface area contributed by atoms with E-state index >= 15 is 0 Å². The Bertz CT molecular complexity index is 2950.